The SMILES string of the molecule is CCSCc1nc2cccc(C(=O)O)c2n1Cc1ccc(-c2ccccc2-c2nnn[nH]2)cc1. The van der Waals surface area contributed by atoms with Crippen LogP contribution < -0.4 is 0 Å². The number of aromatic nitrogens is 6. The summed E-state index contributed by atoms with van der Waals surface area (Å²) in [6.07, 6.45) is 0. The average Bonchev–Trinajstić information content (AvgIpc) is 3.52. The topological polar surface area (TPSA) is 110 Å². The minimum atomic E-state index is -0.949. The monoisotopic (exact) mass is 470 g/mol. The van der Waals surface area contributed by atoms with Gasteiger partial charge in [-0.05, 0) is 45.0 Å². The van der Waals surface area contributed by atoms with E-state index in [1.165, 1.54) is 0 Å². The number of carboxylic acids is 1. The third kappa shape index (κ3) is 4.17. The molecule has 0 unspecified atom stereocenters. The highest BCUT2D eigenvalue weighted by Gasteiger charge is 2.18. The quantitative estimate of drug-likeness (QED) is 0.332. The molecule has 3 aromatic carbocycles. The molecule has 0 bridgehead atoms. The highest BCUT2D eigenvalue weighted by atomic mass is 32.2. The summed E-state index contributed by atoms with van der Waals surface area (Å²) in [5.41, 5.74) is 5.68. The Morgan fingerprint density at radius 1 is 1.03 bits per heavy atom. The molecule has 34 heavy (non-hydrogen) atoms. The van der Waals surface area contributed by atoms with E-state index in [9.17, 15) is 9.90 Å². The maximum absolute atomic E-state index is 11.9. The zero-order valence-electron chi connectivity index (χ0n) is 18.5. The Hall–Kier alpha value is -3.98. The molecule has 0 amide bonds. The van der Waals surface area contributed by atoms with Gasteiger partial charge in [0.2, 0.25) is 0 Å². The average molecular weight is 471 g/mol. The molecule has 0 saturated heterocycles. The first-order valence-corrected chi connectivity index (χ1v) is 12.0. The van der Waals surface area contributed by atoms with E-state index in [0.717, 1.165) is 39.6 Å². The van der Waals surface area contributed by atoms with Crippen LogP contribution in [-0.4, -0.2) is 47.0 Å². The number of carboxylic acid groups (broad SMARTS) is 1. The molecule has 0 fully saturated rings. The Morgan fingerprint density at radius 2 is 1.82 bits per heavy atom. The van der Waals surface area contributed by atoms with Crippen LogP contribution in [0.15, 0.2) is 66.7 Å². The number of hydrogen-bond donors (Lipinski definition) is 2. The van der Waals surface area contributed by atoms with E-state index < -0.39 is 5.97 Å². The van der Waals surface area contributed by atoms with Crippen molar-refractivity contribution >= 4 is 28.8 Å². The number of hydrogen-bond acceptors (Lipinski definition) is 6. The molecule has 0 saturated carbocycles. The Morgan fingerprint density at radius 3 is 2.53 bits per heavy atom. The first-order chi connectivity index (χ1) is 16.7. The van der Waals surface area contributed by atoms with Crippen molar-refractivity contribution in [1.82, 2.24) is 30.2 Å². The summed E-state index contributed by atoms with van der Waals surface area (Å²) in [4.78, 5) is 16.7. The zero-order valence-corrected chi connectivity index (χ0v) is 19.3. The van der Waals surface area contributed by atoms with Gasteiger partial charge >= 0.3 is 5.97 Å². The lowest BCUT2D eigenvalue weighted by molar-refractivity contribution is 0.0698. The largest absolute Gasteiger partial charge is 0.478 e. The number of H-pyrrole nitrogens is 1. The summed E-state index contributed by atoms with van der Waals surface area (Å²) in [6.45, 7) is 2.64. The van der Waals surface area contributed by atoms with Gasteiger partial charge in [-0.2, -0.15) is 11.8 Å². The maximum Gasteiger partial charge on any atom is 0.337 e. The Labute approximate surface area is 200 Å². The number of nitrogens with zero attached hydrogens (tertiary/aromatic N) is 5. The van der Waals surface area contributed by atoms with Crippen molar-refractivity contribution in [3.63, 3.8) is 0 Å². The van der Waals surface area contributed by atoms with Crippen LogP contribution in [0.4, 0.5) is 0 Å². The van der Waals surface area contributed by atoms with Crippen molar-refractivity contribution < 1.29 is 9.90 Å². The molecule has 8 nitrogen and oxygen atoms in total. The number of rotatable bonds is 8. The number of imidazole rings is 1. The number of benzene rings is 3. The van der Waals surface area contributed by atoms with Crippen LogP contribution in [-0.2, 0) is 12.3 Å². The summed E-state index contributed by atoms with van der Waals surface area (Å²) in [5, 5.41) is 24.0. The Kier molecular flexibility index (Phi) is 6.09. The lowest BCUT2D eigenvalue weighted by Crippen LogP contribution is -2.08. The molecule has 2 aromatic heterocycles. The molecule has 5 aromatic rings. The second kappa shape index (κ2) is 9.48. The first-order valence-electron chi connectivity index (χ1n) is 10.9. The van der Waals surface area contributed by atoms with Crippen molar-refractivity contribution in [2.45, 2.75) is 19.2 Å². The summed E-state index contributed by atoms with van der Waals surface area (Å²) in [7, 11) is 0. The van der Waals surface area contributed by atoms with E-state index in [2.05, 4.69) is 51.8 Å². The summed E-state index contributed by atoms with van der Waals surface area (Å²) < 4.78 is 2.03. The Balaban J connectivity index is 1.52. The van der Waals surface area contributed by atoms with Crippen LogP contribution in [0.1, 0.15) is 28.7 Å². The van der Waals surface area contributed by atoms with Crippen molar-refractivity contribution in [3.8, 4) is 22.5 Å². The van der Waals surface area contributed by atoms with Crippen LogP contribution >= 0.6 is 11.8 Å². The van der Waals surface area contributed by atoms with Gasteiger partial charge in [-0.3, -0.25) is 0 Å². The number of nitrogens with one attached hydrogen (secondary N) is 1. The molecule has 0 aliphatic carbocycles. The van der Waals surface area contributed by atoms with E-state index in [1.54, 1.807) is 23.9 Å². The smallest absolute Gasteiger partial charge is 0.337 e. The van der Waals surface area contributed by atoms with Crippen LogP contribution in [0.3, 0.4) is 0 Å². The minimum Gasteiger partial charge on any atom is -0.478 e. The normalized spacial score (nSPS) is 11.2. The van der Waals surface area contributed by atoms with E-state index >= 15 is 0 Å². The molecule has 0 spiro atoms. The molecule has 0 radical (unpaired) electrons. The summed E-state index contributed by atoms with van der Waals surface area (Å²) >= 11 is 1.77. The first kappa shape index (κ1) is 21.8. The highest BCUT2D eigenvalue weighted by Crippen LogP contribution is 2.30. The van der Waals surface area contributed by atoms with E-state index in [1.807, 2.05) is 34.9 Å². The molecular weight excluding hydrogens is 448 g/mol. The predicted octanol–water partition coefficient (Wildman–Crippen LogP) is 4.88. The fourth-order valence-electron chi connectivity index (χ4n) is 4.07. The lowest BCUT2D eigenvalue weighted by atomic mass is 9.98. The molecule has 9 heteroatoms. The molecule has 170 valence electrons. The summed E-state index contributed by atoms with van der Waals surface area (Å²) in [6, 6.07) is 21.5. The van der Waals surface area contributed by atoms with Gasteiger partial charge in [0, 0.05) is 12.1 Å². The number of tetrazole rings is 1. The predicted molar refractivity (Wildman–Crippen MR) is 133 cm³/mol. The van der Waals surface area contributed by atoms with Crippen LogP contribution in [0.2, 0.25) is 0 Å². The highest BCUT2D eigenvalue weighted by molar-refractivity contribution is 7.98. The number of thioether (sulfide) groups is 1. The second-order valence-corrected chi connectivity index (χ2v) is 9.00. The standard InChI is InChI=1S/C25H22N6O2S/c1-2-34-15-22-26-21-9-5-8-20(25(32)33)23(21)31(22)14-16-10-12-17(13-11-16)18-6-3-4-7-19(18)24-27-29-30-28-24/h3-13H,2,14-15H2,1H3,(H,32,33)(H,27,28,29,30). The molecule has 0 aliphatic heterocycles. The molecule has 0 aliphatic rings. The van der Waals surface area contributed by atoms with Crippen molar-refractivity contribution in [2.24, 2.45) is 0 Å². The maximum atomic E-state index is 11.9. The van der Waals surface area contributed by atoms with Crippen LogP contribution in [0, 0.1) is 0 Å². The number of para-hydroxylation sites is 1. The van der Waals surface area contributed by atoms with Crippen molar-refractivity contribution in [1.29, 1.82) is 0 Å². The molecule has 0 atom stereocenters. The van der Waals surface area contributed by atoms with Gasteiger partial charge in [0.05, 0.1) is 22.3 Å². The van der Waals surface area contributed by atoms with E-state index in [0.29, 0.717) is 23.4 Å². The molecule has 2 heterocycles. The van der Waals surface area contributed by atoms with Crippen LogP contribution in [0.25, 0.3) is 33.5 Å². The van der Waals surface area contributed by atoms with Crippen molar-refractivity contribution in [2.75, 3.05) is 5.75 Å². The third-order valence-electron chi connectivity index (χ3n) is 5.64. The molecular formula is C25H22N6O2S. The third-order valence-corrected chi connectivity index (χ3v) is 6.52. The van der Waals surface area contributed by atoms with Gasteiger partial charge in [-0.15, -0.1) is 5.10 Å². The van der Waals surface area contributed by atoms with Gasteiger partial charge < -0.3 is 9.67 Å². The fraction of sp³-hybridized carbons (Fsp3) is 0.160. The van der Waals surface area contributed by atoms with Gasteiger partial charge in [0.25, 0.3) is 0 Å². The number of aromatic carboxylic acids is 1. The van der Waals surface area contributed by atoms with E-state index in [-0.39, 0.29) is 5.56 Å². The molecule has 2 N–H and O–H groups in total. The van der Waals surface area contributed by atoms with Gasteiger partial charge in [0.15, 0.2) is 5.82 Å². The lowest BCUT2D eigenvalue weighted by Gasteiger charge is -2.12. The van der Waals surface area contributed by atoms with Gasteiger partial charge in [0.1, 0.15) is 5.82 Å². The molecule has 5 rings (SSSR count). The number of fused-ring (bicyclic) bond motifs is 1. The zero-order chi connectivity index (χ0) is 23.5. The van der Waals surface area contributed by atoms with Gasteiger partial charge in [-0.25, -0.2) is 14.9 Å². The van der Waals surface area contributed by atoms with Gasteiger partial charge in [-0.1, -0.05) is 61.5 Å². The van der Waals surface area contributed by atoms with Crippen molar-refractivity contribution in [3.05, 3.63) is 83.7 Å². The van der Waals surface area contributed by atoms with E-state index in [4.69, 9.17) is 4.98 Å². The number of aromatic amines is 1. The second-order valence-electron chi connectivity index (χ2n) is 7.72. The summed E-state index contributed by atoms with van der Waals surface area (Å²) in [5.74, 6) is 2.23. The fourth-order valence-corrected chi connectivity index (χ4v) is 4.67. The minimum absolute atomic E-state index is 0.268. The number of carbonyl (C=O) groups is 1. The van der Waals surface area contributed by atoms with Crippen LogP contribution in [0.5, 0.6) is 0 Å². The Bertz CT molecular complexity index is 1440.